The first-order valence-electron chi connectivity index (χ1n) is 6.93. The zero-order valence-electron chi connectivity index (χ0n) is 12.3. The Balaban J connectivity index is 2.81. The first kappa shape index (κ1) is 17.0. The van der Waals surface area contributed by atoms with Gasteiger partial charge in [-0.15, -0.1) is 0 Å². The van der Waals surface area contributed by atoms with Crippen LogP contribution in [-0.4, -0.2) is 33.7 Å². The Bertz CT molecular complexity index is 495. The Morgan fingerprint density at radius 1 is 1.24 bits per heavy atom. The van der Waals surface area contributed by atoms with E-state index in [1.165, 1.54) is 12.1 Å². The lowest BCUT2D eigenvalue weighted by Crippen LogP contribution is -2.57. The fourth-order valence-electron chi connectivity index (χ4n) is 1.94. The number of carbonyl (C=O) groups excluding carboxylic acids is 1. The Morgan fingerprint density at radius 2 is 1.76 bits per heavy atom. The van der Waals surface area contributed by atoms with Gasteiger partial charge in [0.25, 0.3) is 0 Å². The third-order valence-electron chi connectivity index (χ3n) is 3.69. The largest absolute Gasteiger partial charge is 0.508 e. The molecule has 6 heteroatoms. The van der Waals surface area contributed by atoms with E-state index in [4.69, 9.17) is 5.73 Å². The molecule has 0 bridgehead atoms. The number of hydrogen-bond donors (Lipinski definition) is 4. The van der Waals surface area contributed by atoms with E-state index in [-0.39, 0.29) is 12.2 Å². The van der Waals surface area contributed by atoms with Crippen LogP contribution in [0.25, 0.3) is 0 Å². The van der Waals surface area contributed by atoms with Crippen LogP contribution in [0.2, 0.25) is 0 Å². The van der Waals surface area contributed by atoms with Gasteiger partial charge in [0.05, 0.1) is 5.54 Å². The molecule has 0 aliphatic carbocycles. The monoisotopic (exact) mass is 294 g/mol. The molecule has 0 saturated carbocycles. The zero-order chi connectivity index (χ0) is 16.0. The fourth-order valence-corrected chi connectivity index (χ4v) is 1.94. The molecular formula is C15H22N2O4. The van der Waals surface area contributed by atoms with Crippen molar-refractivity contribution in [2.24, 2.45) is 5.73 Å². The van der Waals surface area contributed by atoms with Crippen LogP contribution in [0.1, 0.15) is 32.3 Å². The van der Waals surface area contributed by atoms with E-state index in [9.17, 15) is 19.8 Å². The molecule has 0 aromatic heterocycles. The molecule has 0 fully saturated rings. The minimum absolute atomic E-state index is 0.104. The molecule has 116 valence electrons. The van der Waals surface area contributed by atoms with Gasteiger partial charge >= 0.3 is 5.97 Å². The normalized spacial score (nSPS) is 12.7. The number of hydrogen-bond acceptors (Lipinski definition) is 4. The second-order valence-corrected chi connectivity index (χ2v) is 5.10. The maximum atomic E-state index is 12.1. The predicted octanol–water partition coefficient (Wildman–Crippen LogP) is 1.02. The number of carboxylic acids is 1. The Morgan fingerprint density at radius 3 is 2.19 bits per heavy atom. The van der Waals surface area contributed by atoms with Crippen LogP contribution < -0.4 is 11.1 Å². The molecule has 1 aromatic carbocycles. The number of rotatable bonds is 7. The van der Waals surface area contributed by atoms with Crippen molar-refractivity contribution < 1.29 is 19.8 Å². The zero-order valence-corrected chi connectivity index (χ0v) is 12.3. The lowest BCUT2D eigenvalue weighted by atomic mass is 9.92. The molecule has 0 saturated heterocycles. The van der Waals surface area contributed by atoms with E-state index in [1.807, 2.05) is 0 Å². The fraction of sp³-hybridized carbons (Fsp3) is 0.467. The van der Waals surface area contributed by atoms with Crippen LogP contribution in [0, 0.1) is 0 Å². The average molecular weight is 294 g/mol. The molecule has 0 heterocycles. The highest BCUT2D eigenvalue weighted by Crippen LogP contribution is 2.14. The summed E-state index contributed by atoms with van der Waals surface area (Å²) in [5, 5.41) is 21.0. The van der Waals surface area contributed by atoms with E-state index >= 15 is 0 Å². The number of nitrogens with two attached hydrogens (primary N) is 1. The van der Waals surface area contributed by atoms with Crippen LogP contribution in [0.4, 0.5) is 0 Å². The van der Waals surface area contributed by atoms with Crippen molar-refractivity contribution in [2.45, 2.75) is 44.7 Å². The summed E-state index contributed by atoms with van der Waals surface area (Å²) in [4.78, 5) is 23.5. The van der Waals surface area contributed by atoms with Gasteiger partial charge < -0.3 is 21.3 Å². The van der Waals surface area contributed by atoms with Crippen molar-refractivity contribution in [2.75, 3.05) is 0 Å². The summed E-state index contributed by atoms with van der Waals surface area (Å²) < 4.78 is 0. The van der Waals surface area contributed by atoms with Gasteiger partial charge in [0.1, 0.15) is 11.8 Å². The third kappa shape index (κ3) is 4.46. The van der Waals surface area contributed by atoms with E-state index in [1.54, 1.807) is 26.0 Å². The summed E-state index contributed by atoms with van der Waals surface area (Å²) in [6, 6.07) is 5.13. The minimum Gasteiger partial charge on any atom is -0.508 e. The predicted molar refractivity (Wildman–Crippen MR) is 78.9 cm³/mol. The Labute approximate surface area is 124 Å². The molecule has 0 unspecified atom stereocenters. The number of aromatic hydroxyl groups is 1. The van der Waals surface area contributed by atoms with Gasteiger partial charge in [-0.3, -0.25) is 4.79 Å². The number of carboxylic acid groups (broad SMARTS) is 1. The van der Waals surface area contributed by atoms with E-state index in [0.717, 1.165) is 0 Å². The van der Waals surface area contributed by atoms with E-state index in [0.29, 0.717) is 18.4 Å². The van der Waals surface area contributed by atoms with Gasteiger partial charge in [-0.2, -0.15) is 0 Å². The Kier molecular flexibility index (Phi) is 5.72. The summed E-state index contributed by atoms with van der Waals surface area (Å²) in [5.74, 6) is -1.47. The van der Waals surface area contributed by atoms with Crippen LogP contribution in [0.5, 0.6) is 5.75 Å². The number of phenols is 1. The molecule has 1 rings (SSSR count). The molecule has 0 spiro atoms. The van der Waals surface area contributed by atoms with E-state index < -0.39 is 23.5 Å². The lowest BCUT2D eigenvalue weighted by molar-refractivity contribution is -0.142. The number of phenolic OH excluding ortho intramolecular Hbond substituents is 1. The summed E-state index contributed by atoms with van der Waals surface area (Å²) in [6.07, 6.45) is 0.993. The standard InChI is InChI=1S/C15H22N2O4/c1-3-15(16,4-2)14(21)17-12(13(19)20)9-10-5-7-11(18)8-6-10/h5-8,12,18H,3-4,9,16H2,1-2H3,(H,17,21)(H,19,20)/t12-/m1/s1. The van der Waals surface area contributed by atoms with Gasteiger partial charge in [0, 0.05) is 6.42 Å². The summed E-state index contributed by atoms with van der Waals surface area (Å²) in [7, 11) is 0. The second-order valence-electron chi connectivity index (χ2n) is 5.10. The molecule has 0 aliphatic rings. The van der Waals surface area contributed by atoms with Gasteiger partial charge in [0.2, 0.25) is 5.91 Å². The highest BCUT2D eigenvalue weighted by molar-refractivity contribution is 5.90. The maximum absolute atomic E-state index is 12.1. The van der Waals surface area contributed by atoms with E-state index in [2.05, 4.69) is 5.32 Å². The molecule has 21 heavy (non-hydrogen) atoms. The summed E-state index contributed by atoms with van der Waals surface area (Å²) >= 11 is 0. The van der Waals surface area contributed by atoms with Crippen molar-refractivity contribution in [3.63, 3.8) is 0 Å². The van der Waals surface area contributed by atoms with Gasteiger partial charge in [-0.1, -0.05) is 26.0 Å². The maximum Gasteiger partial charge on any atom is 0.326 e. The van der Waals surface area contributed by atoms with Crippen molar-refractivity contribution in [1.29, 1.82) is 0 Å². The minimum atomic E-state index is -1.12. The molecule has 5 N–H and O–H groups in total. The van der Waals surface area contributed by atoms with Gasteiger partial charge in [-0.05, 0) is 30.5 Å². The van der Waals surface area contributed by atoms with Gasteiger partial charge in [0.15, 0.2) is 0 Å². The SMILES string of the molecule is CCC(N)(CC)C(=O)N[C@H](Cc1ccc(O)cc1)C(=O)O. The topological polar surface area (TPSA) is 113 Å². The highest BCUT2D eigenvalue weighted by atomic mass is 16.4. The molecular weight excluding hydrogens is 272 g/mol. The number of amides is 1. The smallest absolute Gasteiger partial charge is 0.326 e. The molecule has 0 aliphatic heterocycles. The first-order valence-corrected chi connectivity index (χ1v) is 6.93. The van der Waals surface area contributed by atoms with Crippen LogP contribution in [0.3, 0.4) is 0 Å². The molecule has 6 nitrogen and oxygen atoms in total. The summed E-state index contributed by atoms with van der Waals surface area (Å²) in [6.45, 7) is 3.58. The Hall–Kier alpha value is -2.08. The summed E-state index contributed by atoms with van der Waals surface area (Å²) in [5.41, 5.74) is 5.62. The first-order chi connectivity index (χ1) is 9.82. The van der Waals surface area contributed by atoms with Crippen molar-refractivity contribution in [3.05, 3.63) is 29.8 Å². The van der Waals surface area contributed by atoms with Crippen molar-refractivity contribution in [3.8, 4) is 5.75 Å². The van der Waals surface area contributed by atoms with Gasteiger partial charge in [-0.25, -0.2) is 4.79 Å². The number of benzene rings is 1. The van der Waals surface area contributed by atoms with Crippen LogP contribution >= 0.6 is 0 Å². The molecule has 0 radical (unpaired) electrons. The molecule has 1 amide bonds. The number of carbonyl (C=O) groups is 2. The number of aliphatic carboxylic acids is 1. The lowest BCUT2D eigenvalue weighted by Gasteiger charge is -2.27. The number of nitrogens with one attached hydrogen (secondary N) is 1. The second kappa shape index (κ2) is 7.08. The van der Waals surface area contributed by atoms with Crippen LogP contribution in [-0.2, 0) is 16.0 Å². The average Bonchev–Trinajstić information content (AvgIpc) is 2.47. The molecule has 1 aromatic rings. The van der Waals surface area contributed by atoms with Crippen molar-refractivity contribution in [1.82, 2.24) is 5.32 Å². The van der Waals surface area contributed by atoms with Crippen LogP contribution in [0.15, 0.2) is 24.3 Å². The van der Waals surface area contributed by atoms with Crippen molar-refractivity contribution >= 4 is 11.9 Å². The molecule has 1 atom stereocenters. The highest BCUT2D eigenvalue weighted by Gasteiger charge is 2.33. The third-order valence-corrected chi connectivity index (χ3v) is 3.69. The quantitative estimate of drug-likeness (QED) is 0.600.